The summed E-state index contributed by atoms with van der Waals surface area (Å²) in [6.45, 7) is 0. The molecule has 1 aliphatic heterocycles. The molecule has 2 aromatic heterocycles. The minimum absolute atomic E-state index is 0.158. The van der Waals surface area contributed by atoms with Crippen LogP contribution in [0.1, 0.15) is 17.9 Å². The monoisotopic (exact) mass is 603 g/mol. The summed E-state index contributed by atoms with van der Waals surface area (Å²) in [5, 5.41) is 1.04. The van der Waals surface area contributed by atoms with Gasteiger partial charge in [-0.3, -0.25) is 0 Å². The standard InChI is InChI=1S/C43H29N3O/c1-4-13-29(14-5-1)36-27-37(30-15-6-2-7-16-30)46-43(45-36)32-25-23-28(24-26-32)33-20-12-21-35-39(33)42-40(34-19-10-11-22-38(34)47-42)41(44-35)31-17-8-3-9-18-31/h1-18,20-27,34H,19H2. The van der Waals surface area contributed by atoms with Crippen molar-refractivity contribution >= 4 is 10.9 Å². The molecule has 4 heteroatoms. The molecule has 5 aromatic carbocycles. The van der Waals surface area contributed by atoms with Gasteiger partial charge in [0, 0.05) is 27.8 Å². The van der Waals surface area contributed by atoms with Gasteiger partial charge in [0.25, 0.3) is 0 Å². The van der Waals surface area contributed by atoms with Crippen molar-refractivity contribution in [2.45, 2.75) is 12.3 Å². The van der Waals surface area contributed by atoms with E-state index in [2.05, 4.69) is 115 Å². The van der Waals surface area contributed by atoms with Crippen LogP contribution in [-0.4, -0.2) is 15.0 Å². The van der Waals surface area contributed by atoms with Crippen LogP contribution in [0, 0.1) is 0 Å². The van der Waals surface area contributed by atoms with Gasteiger partial charge in [-0.2, -0.15) is 0 Å². The molecule has 0 saturated carbocycles. The maximum atomic E-state index is 6.70. The molecule has 222 valence electrons. The average molecular weight is 604 g/mol. The first-order chi connectivity index (χ1) is 23.3. The second kappa shape index (κ2) is 11.3. The predicted molar refractivity (Wildman–Crippen MR) is 190 cm³/mol. The van der Waals surface area contributed by atoms with Gasteiger partial charge in [-0.15, -0.1) is 0 Å². The Hall–Kier alpha value is -6.13. The van der Waals surface area contributed by atoms with Crippen LogP contribution in [0.2, 0.25) is 0 Å². The molecule has 4 nitrogen and oxygen atoms in total. The number of nitrogens with zero attached hydrogens (tertiary/aromatic N) is 3. The third-order valence-electron chi connectivity index (χ3n) is 9.05. The average Bonchev–Trinajstić information content (AvgIpc) is 3.55. The summed E-state index contributed by atoms with van der Waals surface area (Å²) in [6, 6.07) is 48.0. The van der Waals surface area contributed by atoms with Gasteiger partial charge in [0.2, 0.25) is 0 Å². The number of rotatable bonds is 5. The van der Waals surface area contributed by atoms with Gasteiger partial charge < -0.3 is 4.74 Å². The molecular weight excluding hydrogens is 574 g/mol. The normalized spacial score (nSPS) is 14.7. The molecule has 1 aliphatic carbocycles. The molecule has 0 spiro atoms. The van der Waals surface area contributed by atoms with Gasteiger partial charge in [0.1, 0.15) is 11.5 Å². The van der Waals surface area contributed by atoms with E-state index in [1.165, 1.54) is 5.56 Å². The lowest BCUT2D eigenvalue weighted by Gasteiger charge is -2.16. The number of fused-ring (bicyclic) bond motifs is 5. The first-order valence-corrected chi connectivity index (χ1v) is 16.0. The largest absolute Gasteiger partial charge is 0.460 e. The molecule has 0 bridgehead atoms. The van der Waals surface area contributed by atoms with Crippen molar-refractivity contribution in [2.24, 2.45) is 0 Å². The number of hydrogen-bond donors (Lipinski definition) is 0. The Morgan fingerprint density at radius 3 is 1.83 bits per heavy atom. The van der Waals surface area contributed by atoms with Crippen molar-refractivity contribution in [3.05, 3.63) is 169 Å². The van der Waals surface area contributed by atoms with Crippen molar-refractivity contribution in [3.8, 4) is 62.0 Å². The van der Waals surface area contributed by atoms with Crippen LogP contribution < -0.4 is 4.74 Å². The zero-order valence-electron chi connectivity index (χ0n) is 25.5. The number of ether oxygens (including phenoxy) is 1. The summed E-state index contributed by atoms with van der Waals surface area (Å²) in [6.07, 6.45) is 7.30. The molecule has 0 saturated heterocycles. The molecule has 2 aliphatic rings. The molecule has 7 aromatic rings. The summed E-state index contributed by atoms with van der Waals surface area (Å²) in [5.41, 5.74) is 11.2. The highest BCUT2D eigenvalue weighted by Gasteiger charge is 2.36. The SMILES string of the molecule is C1=CCC2C(=C1)Oc1c2c(-c2ccccc2)nc2cccc(-c3ccc(-c4nc(-c5ccccc5)cc(-c5ccccc5)n4)cc3)c12. The van der Waals surface area contributed by atoms with E-state index in [0.29, 0.717) is 5.82 Å². The zero-order chi connectivity index (χ0) is 31.2. The van der Waals surface area contributed by atoms with Crippen LogP contribution in [0.25, 0.3) is 67.2 Å². The highest BCUT2D eigenvalue weighted by molar-refractivity contribution is 6.02. The van der Waals surface area contributed by atoms with Gasteiger partial charge in [-0.1, -0.05) is 140 Å². The predicted octanol–water partition coefficient (Wildman–Crippen LogP) is 10.7. The molecule has 9 rings (SSSR count). The summed E-state index contributed by atoms with van der Waals surface area (Å²) in [7, 11) is 0. The van der Waals surface area contributed by atoms with Crippen molar-refractivity contribution in [2.75, 3.05) is 0 Å². The quantitative estimate of drug-likeness (QED) is 0.196. The highest BCUT2D eigenvalue weighted by Crippen LogP contribution is 2.52. The van der Waals surface area contributed by atoms with E-state index in [-0.39, 0.29) is 5.92 Å². The Labute approximate surface area is 273 Å². The Morgan fingerprint density at radius 2 is 1.17 bits per heavy atom. The number of allylic oxidation sites excluding steroid dienone is 4. The first kappa shape index (κ1) is 27.2. The zero-order valence-corrected chi connectivity index (χ0v) is 25.5. The smallest absolute Gasteiger partial charge is 0.160 e. The fraction of sp³-hybridized carbons (Fsp3) is 0.0465. The summed E-state index contributed by atoms with van der Waals surface area (Å²) < 4.78 is 6.70. The lowest BCUT2D eigenvalue weighted by atomic mass is 9.87. The minimum atomic E-state index is 0.158. The summed E-state index contributed by atoms with van der Waals surface area (Å²) >= 11 is 0. The Bertz CT molecular complexity index is 2270. The fourth-order valence-electron chi connectivity index (χ4n) is 6.76. The first-order valence-electron chi connectivity index (χ1n) is 16.0. The summed E-state index contributed by atoms with van der Waals surface area (Å²) in [4.78, 5) is 15.3. The maximum Gasteiger partial charge on any atom is 0.160 e. The number of hydrogen-bond acceptors (Lipinski definition) is 4. The van der Waals surface area contributed by atoms with Crippen LogP contribution in [0.4, 0.5) is 0 Å². The van der Waals surface area contributed by atoms with E-state index in [4.69, 9.17) is 19.7 Å². The molecule has 0 amide bonds. The molecule has 0 radical (unpaired) electrons. The lowest BCUT2D eigenvalue weighted by Crippen LogP contribution is -2.02. The number of benzene rings is 5. The maximum absolute atomic E-state index is 6.70. The van der Waals surface area contributed by atoms with E-state index in [9.17, 15) is 0 Å². The van der Waals surface area contributed by atoms with Crippen molar-refractivity contribution < 1.29 is 4.74 Å². The van der Waals surface area contributed by atoms with Gasteiger partial charge in [0.15, 0.2) is 5.82 Å². The molecule has 1 unspecified atom stereocenters. The van der Waals surface area contributed by atoms with Gasteiger partial charge >= 0.3 is 0 Å². The fourth-order valence-corrected chi connectivity index (χ4v) is 6.76. The van der Waals surface area contributed by atoms with E-state index in [1.807, 2.05) is 42.5 Å². The van der Waals surface area contributed by atoms with Gasteiger partial charge in [0.05, 0.1) is 33.9 Å². The third kappa shape index (κ3) is 4.82. The topological polar surface area (TPSA) is 47.9 Å². The lowest BCUT2D eigenvalue weighted by molar-refractivity contribution is 0.429. The van der Waals surface area contributed by atoms with Crippen LogP contribution >= 0.6 is 0 Å². The van der Waals surface area contributed by atoms with Crippen LogP contribution in [0.5, 0.6) is 5.75 Å². The molecule has 0 N–H and O–H groups in total. The molecule has 0 fully saturated rings. The number of aromatic nitrogens is 3. The van der Waals surface area contributed by atoms with E-state index in [1.54, 1.807) is 0 Å². The molecule has 47 heavy (non-hydrogen) atoms. The van der Waals surface area contributed by atoms with Crippen LogP contribution in [-0.2, 0) is 0 Å². The Morgan fingerprint density at radius 1 is 0.553 bits per heavy atom. The Balaban J connectivity index is 1.17. The summed E-state index contributed by atoms with van der Waals surface area (Å²) in [5.74, 6) is 2.76. The van der Waals surface area contributed by atoms with E-state index >= 15 is 0 Å². The van der Waals surface area contributed by atoms with Crippen LogP contribution in [0.3, 0.4) is 0 Å². The second-order valence-corrected chi connectivity index (χ2v) is 11.9. The van der Waals surface area contributed by atoms with Crippen molar-refractivity contribution in [1.82, 2.24) is 15.0 Å². The van der Waals surface area contributed by atoms with Crippen molar-refractivity contribution in [1.29, 1.82) is 0 Å². The van der Waals surface area contributed by atoms with Crippen LogP contribution in [0.15, 0.2) is 164 Å². The molecular formula is C43H29N3O. The van der Waals surface area contributed by atoms with Crippen molar-refractivity contribution in [3.63, 3.8) is 0 Å². The third-order valence-corrected chi connectivity index (χ3v) is 9.05. The molecule has 3 heterocycles. The van der Waals surface area contributed by atoms with Gasteiger partial charge in [-0.25, -0.2) is 15.0 Å². The number of pyridine rings is 1. The van der Waals surface area contributed by atoms with E-state index < -0.39 is 0 Å². The highest BCUT2D eigenvalue weighted by atomic mass is 16.5. The molecule has 1 atom stereocenters. The Kier molecular flexibility index (Phi) is 6.57. The second-order valence-electron chi connectivity index (χ2n) is 11.9. The minimum Gasteiger partial charge on any atom is -0.460 e. The van der Waals surface area contributed by atoms with E-state index in [0.717, 1.165) is 79.3 Å². The van der Waals surface area contributed by atoms with Gasteiger partial charge in [-0.05, 0) is 35.8 Å².